The van der Waals surface area contributed by atoms with Crippen molar-refractivity contribution in [2.75, 3.05) is 19.8 Å². The predicted molar refractivity (Wildman–Crippen MR) is 113 cm³/mol. The highest BCUT2D eigenvalue weighted by Gasteiger charge is 2.54. The number of hydrogen-bond donors (Lipinski definition) is 11. The second-order valence-corrected chi connectivity index (χ2v) is 9.07. The molecule has 0 saturated carbocycles. The summed E-state index contributed by atoms with van der Waals surface area (Å²) in [5, 5.41) is 103. The molecule has 0 unspecified atom stereocenters. The van der Waals surface area contributed by atoms with Crippen molar-refractivity contribution < 1.29 is 79.5 Å². The molecule has 3 aliphatic heterocycles. The van der Waals surface area contributed by atoms with Crippen molar-refractivity contribution in [3.8, 4) is 0 Å². The van der Waals surface area contributed by atoms with E-state index in [0.29, 0.717) is 0 Å². The number of ether oxygens (including phenoxy) is 5. The highest BCUT2D eigenvalue weighted by atomic mass is 16.7. The van der Waals surface area contributed by atoms with Gasteiger partial charge in [0.25, 0.3) is 0 Å². The van der Waals surface area contributed by atoms with E-state index < -0.39 is 118 Å². The zero-order chi connectivity index (χ0) is 27.6. The Hall–Kier alpha value is -1.13. The number of rotatable bonds is 8. The van der Waals surface area contributed by atoms with E-state index in [-0.39, 0.29) is 0 Å². The Morgan fingerprint density at radius 3 is 1.76 bits per heavy atom. The molecule has 0 aromatic rings. The zero-order valence-electron chi connectivity index (χ0n) is 19.7. The quantitative estimate of drug-likeness (QED) is 0.135. The second kappa shape index (κ2) is 12.8. The minimum absolute atomic E-state index is 0.686. The van der Waals surface area contributed by atoms with Gasteiger partial charge < -0.3 is 80.1 Å². The predicted octanol–water partition coefficient (Wildman–Crippen LogP) is -7.43. The van der Waals surface area contributed by atoms with Gasteiger partial charge in [-0.3, -0.25) is 4.79 Å². The standard InChI is InChI=1S/C20H35NO16/c1-5(25)21-9-17(37-20-15(31)12(28)10(26)6(2-22)35-20)11(27)7(3-23)34-19(9)36-16-8(4-24)33-18(32)14(30)13(16)29/h6-20,22-24,26-32H,2-4H2,1H3,(H,21,25)/t6-,7-,8-,9+,10+,11-,12+,13-,14-,15-,16-,17-,18-,19+,20-/m1/s1. The molecule has 0 aliphatic carbocycles. The van der Waals surface area contributed by atoms with Crippen LogP contribution >= 0.6 is 0 Å². The van der Waals surface area contributed by atoms with E-state index in [1.54, 1.807) is 0 Å². The van der Waals surface area contributed by atoms with Gasteiger partial charge in [-0.25, -0.2) is 0 Å². The molecular weight excluding hydrogens is 510 g/mol. The molecular formula is C20H35NO16. The maximum absolute atomic E-state index is 12.0. The molecule has 3 heterocycles. The molecule has 3 rings (SSSR count). The Labute approximate surface area is 210 Å². The number of carbonyl (C=O) groups is 1. The third-order valence-corrected chi connectivity index (χ3v) is 6.49. The van der Waals surface area contributed by atoms with Crippen LogP contribution in [0.3, 0.4) is 0 Å². The van der Waals surface area contributed by atoms with Gasteiger partial charge in [-0.2, -0.15) is 0 Å². The first kappa shape index (κ1) is 30.4. The van der Waals surface area contributed by atoms with E-state index in [0.717, 1.165) is 6.92 Å². The summed E-state index contributed by atoms with van der Waals surface area (Å²) in [5.41, 5.74) is 0. The highest BCUT2D eigenvalue weighted by Crippen LogP contribution is 2.32. The van der Waals surface area contributed by atoms with Gasteiger partial charge in [0.15, 0.2) is 18.9 Å². The van der Waals surface area contributed by atoms with Crippen molar-refractivity contribution in [2.24, 2.45) is 0 Å². The molecule has 0 bridgehead atoms. The van der Waals surface area contributed by atoms with Crippen LogP contribution in [-0.2, 0) is 28.5 Å². The molecule has 3 aliphatic rings. The molecule has 1 amide bonds. The molecule has 0 aromatic carbocycles. The lowest BCUT2D eigenvalue weighted by Gasteiger charge is -2.49. The monoisotopic (exact) mass is 545 g/mol. The third-order valence-electron chi connectivity index (χ3n) is 6.49. The number of aliphatic hydroxyl groups is 10. The summed E-state index contributed by atoms with van der Waals surface area (Å²) < 4.78 is 27.3. The van der Waals surface area contributed by atoms with Crippen LogP contribution < -0.4 is 5.32 Å². The van der Waals surface area contributed by atoms with Crippen LogP contribution in [0.15, 0.2) is 0 Å². The number of hydrogen-bond acceptors (Lipinski definition) is 16. The summed E-state index contributed by atoms with van der Waals surface area (Å²) in [5.74, 6) is -0.686. The average Bonchev–Trinajstić information content (AvgIpc) is 2.87. The van der Waals surface area contributed by atoms with Gasteiger partial charge in [-0.1, -0.05) is 0 Å². The van der Waals surface area contributed by atoms with E-state index in [1.807, 2.05) is 0 Å². The summed E-state index contributed by atoms with van der Waals surface area (Å²) in [6.45, 7) is -1.25. The summed E-state index contributed by atoms with van der Waals surface area (Å²) in [7, 11) is 0. The Morgan fingerprint density at radius 2 is 1.19 bits per heavy atom. The first-order valence-corrected chi connectivity index (χ1v) is 11.6. The van der Waals surface area contributed by atoms with Crippen molar-refractivity contribution in [1.29, 1.82) is 0 Å². The Bertz CT molecular complexity index is 743. The number of carbonyl (C=O) groups excluding carboxylic acids is 1. The molecule has 3 fully saturated rings. The van der Waals surface area contributed by atoms with Gasteiger partial charge in [0, 0.05) is 6.92 Å². The van der Waals surface area contributed by atoms with Crippen LogP contribution in [0, 0.1) is 0 Å². The van der Waals surface area contributed by atoms with E-state index >= 15 is 0 Å². The van der Waals surface area contributed by atoms with Crippen LogP contribution in [0.4, 0.5) is 0 Å². The summed E-state index contributed by atoms with van der Waals surface area (Å²) in [6.07, 6.45) is -23.3. The smallest absolute Gasteiger partial charge is 0.217 e. The Balaban J connectivity index is 1.90. The minimum atomic E-state index is -1.87. The molecule has 17 nitrogen and oxygen atoms in total. The topological polar surface area (TPSA) is 278 Å². The lowest BCUT2D eigenvalue weighted by atomic mass is 9.94. The maximum atomic E-state index is 12.0. The van der Waals surface area contributed by atoms with Crippen molar-refractivity contribution in [3.63, 3.8) is 0 Å². The fourth-order valence-corrected chi connectivity index (χ4v) is 4.46. The average molecular weight is 545 g/mol. The lowest BCUT2D eigenvalue weighted by molar-refractivity contribution is -0.363. The second-order valence-electron chi connectivity index (χ2n) is 9.07. The normalized spacial score (nSPS) is 49.0. The van der Waals surface area contributed by atoms with E-state index in [2.05, 4.69) is 5.32 Å². The van der Waals surface area contributed by atoms with E-state index in [1.165, 1.54) is 0 Å². The van der Waals surface area contributed by atoms with Gasteiger partial charge in [0.05, 0.1) is 19.8 Å². The molecule has 0 aromatic heterocycles. The number of nitrogens with one attached hydrogen (secondary N) is 1. The van der Waals surface area contributed by atoms with Crippen molar-refractivity contribution in [1.82, 2.24) is 5.32 Å². The fraction of sp³-hybridized carbons (Fsp3) is 0.950. The SMILES string of the molecule is CC(=O)N[C@@H]1[C@H](O[C@H]2[C@H](O)[C@@H](O)[C@H](O)O[C@@H]2CO)O[C@H](CO)[C@@H](O)[C@@H]1O[C@H]1O[C@H](CO)[C@H](O)[C@H](O)[C@H]1O. The Kier molecular flexibility index (Phi) is 10.5. The number of aliphatic hydroxyl groups excluding tert-OH is 10. The lowest BCUT2D eigenvalue weighted by Crippen LogP contribution is -2.69. The number of amides is 1. The van der Waals surface area contributed by atoms with E-state index in [4.69, 9.17) is 23.7 Å². The summed E-state index contributed by atoms with van der Waals surface area (Å²) in [6, 6.07) is -1.46. The van der Waals surface area contributed by atoms with Crippen LogP contribution in [0.5, 0.6) is 0 Å². The highest BCUT2D eigenvalue weighted by molar-refractivity contribution is 5.73. The third kappa shape index (κ3) is 6.38. The molecule has 11 N–H and O–H groups in total. The molecule has 17 heteroatoms. The van der Waals surface area contributed by atoms with Crippen molar-refractivity contribution in [3.05, 3.63) is 0 Å². The first-order valence-electron chi connectivity index (χ1n) is 11.6. The molecule has 3 saturated heterocycles. The van der Waals surface area contributed by atoms with Gasteiger partial charge in [-0.05, 0) is 0 Å². The molecule has 0 spiro atoms. The minimum Gasteiger partial charge on any atom is -0.394 e. The van der Waals surface area contributed by atoms with Gasteiger partial charge in [0.1, 0.15) is 73.2 Å². The van der Waals surface area contributed by atoms with Crippen LogP contribution in [-0.4, -0.2) is 169 Å². The fourth-order valence-electron chi connectivity index (χ4n) is 4.46. The van der Waals surface area contributed by atoms with Crippen LogP contribution in [0.25, 0.3) is 0 Å². The van der Waals surface area contributed by atoms with Crippen molar-refractivity contribution in [2.45, 2.75) is 99.0 Å². The zero-order valence-corrected chi connectivity index (χ0v) is 19.7. The Morgan fingerprint density at radius 1 is 0.649 bits per heavy atom. The molecule has 0 radical (unpaired) electrons. The molecule has 37 heavy (non-hydrogen) atoms. The maximum Gasteiger partial charge on any atom is 0.217 e. The van der Waals surface area contributed by atoms with E-state index in [9.17, 15) is 55.9 Å². The molecule has 216 valence electrons. The van der Waals surface area contributed by atoms with Gasteiger partial charge in [-0.15, -0.1) is 0 Å². The first-order chi connectivity index (χ1) is 17.4. The van der Waals surface area contributed by atoms with Gasteiger partial charge >= 0.3 is 0 Å². The molecule has 15 atom stereocenters. The summed E-state index contributed by atoms with van der Waals surface area (Å²) in [4.78, 5) is 12.0. The van der Waals surface area contributed by atoms with Gasteiger partial charge in [0.2, 0.25) is 5.91 Å². The van der Waals surface area contributed by atoms with Crippen LogP contribution in [0.2, 0.25) is 0 Å². The van der Waals surface area contributed by atoms with Crippen LogP contribution in [0.1, 0.15) is 6.92 Å². The summed E-state index contributed by atoms with van der Waals surface area (Å²) >= 11 is 0. The largest absolute Gasteiger partial charge is 0.394 e. The van der Waals surface area contributed by atoms with Crippen molar-refractivity contribution >= 4 is 5.91 Å².